The van der Waals surface area contributed by atoms with Gasteiger partial charge in [0.05, 0.1) is 27.8 Å². The summed E-state index contributed by atoms with van der Waals surface area (Å²) in [5, 5.41) is 25.0. The summed E-state index contributed by atoms with van der Waals surface area (Å²) in [5.41, 5.74) is 5.18. The SMILES string of the molecule is Nc1c(F)c(NCCSc2nnnn2-c2ccccc2)c2c3c1c(=O)c(C(=O)O)cn3C1(CCCC1)CO2. The highest BCUT2D eigenvalue weighted by Crippen LogP contribution is 2.48. The van der Waals surface area contributed by atoms with Crippen molar-refractivity contribution < 1.29 is 19.0 Å². The third kappa shape index (κ3) is 3.76. The van der Waals surface area contributed by atoms with Crippen LogP contribution in [0.4, 0.5) is 15.8 Å². The molecule has 38 heavy (non-hydrogen) atoms. The number of carboxylic acids is 1. The highest BCUT2D eigenvalue weighted by atomic mass is 32.2. The second-order valence-electron chi connectivity index (χ2n) is 9.41. The van der Waals surface area contributed by atoms with Crippen LogP contribution in [0.25, 0.3) is 16.6 Å². The van der Waals surface area contributed by atoms with Gasteiger partial charge in [0.1, 0.15) is 17.9 Å². The Morgan fingerprint density at radius 2 is 2.03 bits per heavy atom. The number of nitrogens with one attached hydrogen (secondary N) is 1. The number of nitrogens with zero attached hydrogens (tertiary/aromatic N) is 5. The second-order valence-corrected chi connectivity index (χ2v) is 10.5. The lowest BCUT2D eigenvalue weighted by molar-refractivity contribution is 0.0692. The van der Waals surface area contributed by atoms with Crippen molar-refractivity contribution in [2.45, 2.75) is 36.4 Å². The number of ether oxygens (including phenoxy) is 1. The maximum atomic E-state index is 15.6. The molecule has 4 aromatic rings. The van der Waals surface area contributed by atoms with E-state index in [1.807, 2.05) is 30.3 Å². The number of carboxylic acid groups (broad SMARTS) is 1. The average molecular weight is 538 g/mol. The van der Waals surface area contributed by atoms with Crippen LogP contribution in [0.5, 0.6) is 5.75 Å². The molecule has 13 heteroatoms. The van der Waals surface area contributed by atoms with E-state index >= 15 is 4.39 Å². The van der Waals surface area contributed by atoms with Crippen molar-refractivity contribution in [2.24, 2.45) is 0 Å². The molecule has 0 unspecified atom stereocenters. The van der Waals surface area contributed by atoms with E-state index in [-0.39, 0.29) is 23.4 Å². The van der Waals surface area contributed by atoms with E-state index in [9.17, 15) is 14.7 Å². The zero-order chi connectivity index (χ0) is 26.4. The summed E-state index contributed by atoms with van der Waals surface area (Å²) in [6.07, 6.45) is 4.77. The first kappa shape index (κ1) is 24.2. The number of rotatable bonds is 7. The minimum atomic E-state index is -1.38. The number of nitrogens with two attached hydrogens (primary N) is 1. The minimum Gasteiger partial charge on any atom is -0.487 e. The number of hydrogen-bond acceptors (Lipinski definition) is 9. The number of halogens is 1. The molecule has 1 spiro atoms. The maximum absolute atomic E-state index is 15.6. The Labute approximate surface area is 219 Å². The highest BCUT2D eigenvalue weighted by Gasteiger charge is 2.43. The number of tetrazole rings is 1. The van der Waals surface area contributed by atoms with Crippen LogP contribution in [0.1, 0.15) is 36.0 Å². The molecule has 2 aliphatic rings. The van der Waals surface area contributed by atoms with Crippen LogP contribution in [0.3, 0.4) is 0 Å². The Morgan fingerprint density at radius 1 is 1.26 bits per heavy atom. The van der Waals surface area contributed by atoms with E-state index in [2.05, 4.69) is 20.8 Å². The van der Waals surface area contributed by atoms with E-state index in [1.54, 1.807) is 9.25 Å². The van der Waals surface area contributed by atoms with Gasteiger partial charge in [0.2, 0.25) is 10.6 Å². The van der Waals surface area contributed by atoms with Crippen LogP contribution in [-0.4, -0.2) is 54.8 Å². The zero-order valence-corrected chi connectivity index (χ0v) is 21.0. The van der Waals surface area contributed by atoms with E-state index in [4.69, 9.17) is 10.5 Å². The lowest BCUT2D eigenvalue weighted by atomic mass is 9.93. The van der Waals surface area contributed by atoms with E-state index in [0.717, 1.165) is 31.4 Å². The summed E-state index contributed by atoms with van der Waals surface area (Å²) in [5.74, 6) is -1.57. The Morgan fingerprint density at radius 3 is 2.76 bits per heavy atom. The summed E-state index contributed by atoms with van der Waals surface area (Å²) >= 11 is 1.38. The largest absolute Gasteiger partial charge is 0.487 e. The average Bonchev–Trinajstić information content (AvgIpc) is 3.59. The number of anilines is 2. The normalized spacial score (nSPS) is 15.6. The van der Waals surface area contributed by atoms with E-state index < -0.39 is 34.0 Å². The van der Waals surface area contributed by atoms with Gasteiger partial charge in [-0.2, -0.15) is 4.68 Å². The molecular weight excluding hydrogens is 513 g/mol. The van der Waals surface area contributed by atoms with Gasteiger partial charge in [0, 0.05) is 18.5 Å². The first-order valence-corrected chi connectivity index (χ1v) is 13.2. The number of hydrogen-bond donors (Lipinski definition) is 3. The maximum Gasteiger partial charge on any atom is 0.341 e. The molecule has 1 aliphatic heterocycles. The third-order valence-corrected chi connectivity index (χ3v) is 8.13. The van der Waals surface area contributed by atoms with Crippen LogP contribution < -0.4 is 21.2 Å². The number of benzene rings is 2. The van der Waals surface area contributed by atoms with Gasteiger partial charge in [0.25, 0.3) is 0 Å². The molecule has 0 amide bonds. The number of thioether (sulfide) groups is 1. The monoisotopic (exact) mass is 537 g/mol. The van der Waals surface area contributed by atoms with Gasteiger partial charge in [-0.15, -0.1) is 5.10 Å². The second kappa shape index (κ2) is 9.31. The molecule has 11 nitrogen and oxygen atoms in total. The summed E-state index contributed by atoms with van der Waals surface area (Å²) < 4.78 is 25.1. The molecule has 1 saturated carbocycles. The molecule has 2 aromatic heterocycles. The fourth-order valence-electron chi connectivity index (χ4n) is 5.39. The Hall–Kier alpha value is -4.13. The highest BCUT2D eigenvalue weighted by molar-refractivity contribution is 7.99. The number of aromatic nitrogens is 5. The van der Waals surface area contributed by atoms with Crippen molar-refractivity contribution >= 4 is 40.0 Å². The van der Waals surface area contributed by atoms with Crippen LogP contribution >= 0.6 is 11.8 Å². The molecule has 1 aliphatic carbocycles. The summed E-state index contributed by atoms with van der Waals surface area (Å²) in [4.78, 5) is 25.0. The van der Waals surface area contributed by atoms with Gasteiger partial charge >= 0.3 is 5.97 Å². The Bertz CT molecular complexity index is 1620. The predicted molar refractivity (Wildman–Crippen MR) is 140 cm³/mol. The van der Waals surface area contributed by atoms with Crippen LogP contribution in [0.2, 0.25) is 0 Å². The molecule has 1 fully saturated rings. The van der Waals surface area contributed by atoms with E-state index in [0.29, 0.717) is 23.0 Å². The first-order chi connectivity index (χ1) is 18.4. The zero-order valence-electron chi connectivity index (χ0n) is 20.2. The standard InChI is InChI=1S/C25H24FN7O4S/c26-17-18(27)16-20-22(37-13-25(8-4-5-9-25)32(20)12-15(21(16)34)23(35)36)19(17)28-10-11-38-24-29-30-31-33(24)14-6-2-1-3-7-14/h1-3,6-7,12,28H,4-5,8-11,13,27H2,(H,35,36). The van der Waals surface area contributed by atoms with Crippen molar-refractivity contribution in [3.05, 3.63) is 58.1 Å². The number of para-hydroxylation sites is 1. The number of nitrogen functional groups attached to an aromatic ring is 1. The molecular formula is C25H24FN7O4S. The lowest BCUT2D eigenvalue weighted by Gasteiger charge is -2.39. The van der Waals surface area contributed by atoms with Gasteiger partial charge < -0.3 is 25.5 Å². The predicted octanol–water partition coefficient (Wildman–Crippen LogP) is 3.26. The van der Waals surface area contributed by atoms with Crippen LogP contribution in [0, 0.1) is 5.82 Å². The summed E-state index contributed by atoms with van der Waals surface area (Å²) in [6, 6.07) is 9.46. The Balaban J connectivity index is 1.34. The number of fused-ring (bicyclic) bond motifs is 1. The van der Waals surface area contributed by atoms with Crippen molar-refractivity contribution in [2.75, 3.05) is 30.0 Å². The molecule has 0 bridgehead atoms. The topological polar surface area (TPSA) is 150 Å². The molecule has 3 heterocycles. The fraction of sp³-hybridized carbons (Fsp3) is 0.320. The molecule has 196 valence electrons. The van der Waals surface area contributed by atoms with Gasteiger partial charge in [-0.25, -0.2) is 9.18 Å². The molecule has 0 radical (unpaired) electrons. The number of pyridine rings is 1. The third-order valence-electron chi connectivity index (χ3n) is 7.21. The van der Waals surface area contributed by atoms with Gasteiger partial charge in [-0.3, -0.25) is 4.79 Å². The fourth-order valence-corrected chi connectivity index (χ4v) is 6.13. The Kier molecular flexibility index (Phi) is 5.94. The van der Waals surface area contributed by atoms with Crippen molar-refractivity contribution in [1.82, 2.24) is 24.8 Å². The van der Waals surface area contributed by atoms with Crippen molar-refractivity contribution in [3.63, 3.8) is 0 Å². The number of carbonyl (C=O) groups is 1. The van der Waals surface area contributed by atoms with Gasteiger partial charge in [-0.1, -0.05) is 42.8 Å². The molecule has 2 aromatic carbocycles. The number of aromatic carboxylic acids is 1. The van der Waals surface area contributed by atoms with Crippen molar-refractivity contribution in [1.29, 1.82) is 0 Å². The van der Waals surface area contributed by atoms with Crippen molar-refractivity contribution in [3.8, 4) is 11.4 Å². The molecule has 0 saturated heterocycles. The molecule has 4 N–H and O–H groups in total. The van der Waals surface area contributed by atoms with Gasteiger partial charge in [0.15, 0.2) is 11.6 Å². The molecule has 6 rings (SSSR count). The molecule has 0 atom stereocenters. The van der Waals surface area contributed by atoms with E-state index in [1.165, 1.54) is 18.0 Å². The first-order valence-electron chi connectivity index (χ1n) is 12.2. The van der Waals surface area contributed by atoms with Crippen LogP contribution in [-0.2, 0) is 5.54 Å². The quantitative estimate of drug-likeness (QED) is 0.182. The van der Waals surface area contributed by atoms with Gasteiger partial charge in [-0.05, 0) is 35.4 Å². The van der Waals surface area contributed by atoms with Crippen LogP contribution in [0.15, 0.2) is 46.5 Å². The smallest absolute Gasteiger partial charge is 0.341 e. The minimum absolute atomic E-state index is 0.0438. The summed E-state index contributed by atoms with van der Waals surface area (Å²) in [7, 11) is 0. The summed E-state index contributed by atoms with van der Waals surface area (Å²) in [6.45, 7) is 0.558. The lowest BCUT2D eigenvalue weighted by Crippen LogP contribution is -2.42.